The van der Waals surface area contributed by atoms with E-state index in [1.54, 1.807) is 0 Å². The van der Waals surface area contributed by atoms with Crippen molar-refractivity contribution >= 4 is 37.6 Å². The maximum absolute atomic E-state index is 12.2. The van der Waals surface area contributed by atoms with E-state index in [2.05, 4.69) is 31.9 Å². The van der Waals surface area contributed by atoms with E-state index in [0.717, 1.165) is 25.6 Å². The first-order valence-electron chi connectivity index (χ1n) is 5.60. The molecule has 2 aromatic rings. The van der Waals surface area contributed by atoms with Gasteiger partial charge < -0.3 is 0 Å². The van der Waals surface area contributed by atoms with Crippen molar-refractivity contribution in [3.63, 3.8) is 0 Å². The van der Waals surface area contributed by atoms with Gasteiger partial charge in [0.25, 0.3) is 0 Å². The summed E-state index contributed by atoms with van der Waals surface area (Å²) in [5.41, 5.74) is 2.85. The smallest absolute Gasteiger partial charge is 0.167 e. The van der Waals surface area contributed by atoms with Crippen molar-refractivity contribution in [2.75, 3.05) is 0 Å². The predicted octanol–water partition coefficient (Wildman–Crippen LogP) is 4.95. The van der Waals surface area contributed by atoms with Crippen molar-refractivity contribution in [3.8, 4) is 0 Å². The summed E-state index contributed by atoms with van der Waals surface area (Å²) in [6.45, 7) is 1.99. The maximum Gasteiger partial charge on any atom is 0.167 e. The Balaban J connectivity index is 2.22. The van der Waals surface area contributed by atoms with Crippen LogP contribution >= 0.6 is 31.9 Å². The molecule has 0 bridgehead atoms. The molecule has 0 radical (unpaired) electrons. The van der Waals surface area contributed by atoms with Gasteiger partial charge >= 0.3 is 0 Å². The fourth-order valence-electron chi connectivity index (χ4n) is 1.73. The molecule has 0 saturated carbocycles. The van der Waals surface area contributed by atoms with Crippen LogP contribution < -0.4 is 0 Å². The molecule has 0 heterocycles. The summed E-state index contributed by atoms with van der Waals surface area (Å²) in [5.74, 6) is 0.137. The summed E-state index contributed by atoms with van der Waals surface area (Å²) in [7, 11) is 0. The number of ketones is 1. The minimum atomic E-state index is 0.137. The Morgan fingerprint density at radius 3 is 2.44 bits per heavy atom. The summed E-state index contributed by atoms with van der Waals surface area (Å²) in [5, 5.41) is 0. The lowest BCUT2D eigenvalue weighted by atomic mass is 10.0. The molecule has 3 heteroatoms. The summed E-state index contributed by atoms with van der Waals surface area (Å²) >= 11 is 6.90. The van der Waals surface area contributed by atoms with Crippen LogP contribution in [0, 0.1) is 6.92 Å². The molecule has 0 atom stereocenters. The number of benzene rings is 2. The number of Topliss-reactive ketones (excluding diaryl/α,β-unsaturated/α-hetero) is 1. The Bertz CT molecular complexity index is 591. The minimum Gasteiger partial charge on any atom is -0.294 e. The van der Waals surface area contributed by atoms with Gasteiger partial charge in [-0.15, -0.1) is 0 Å². The number of halogens is 2. The van der Waals surface area contributed by atoms with E-state index < -0.39 is 0 Å². The normalized spacial score (nSPS) is 10.4. The summed E-state index contributed by atoms with van der Waals surface area (Å²) in [6.07, 6.45) is 0.419. The van der Waals surface area contributed by atoms with E-state index in [0.29, 0.717) is 6.42 Å². The first-order chi connectivity index (χ1) is 8.58. The second-order valence-electron chi connectivity index (χ2n) is 4.16. The van der Waals surface area contributed by atoms with Crippen molar-refractivity contribution in [2.24, 2.45) is 0 Å². The predicted molar refractivity (Wildman–Crippen MR) is 81.1 cm³/mol. The van der Waals surface area contributed by atoms with Crippen LogP contribution in [-0.2, 0) is 6.42 Å². The highest BCUT2D eigenvalue weighted by Crippen LogP contribution is 2.21. The number of hydrogen-bond acceptors (Lipinski definition) is 1. The van der Waals surface area contributed by atoms with Gasteiger partial charge in [-0.25, -0.2) is 0 Å². The Morgan fingerprint density at radius 2 is 1.78 bits per heavy atom. The first kappa shape index (κ1) is 13.5. The van der Waals surface area contributed by atoms with E-state index in [1.807, 2.05) is 49.4 Å². The second-order valence-corrected chi connectivity index (χ2v) is 5.86. The van der Waals surface area contributed by atoms with Crippen LogP contribution in [-0.4, -0.2) is 5.78 Å². The quantitative estimate of drug-likeness (QED) is 0.701. The van der Waals surface area contributed by atoms with Gasteiger partial charge in [0.05, 0.1) is 0 Å². The number of carbonyl (C=O) groups is 1. The molecule has 2 rings (SSSR count). The van der Waals surface area contributed by atoms with Gasteiger partial charge in [0.1, 0.15) is 0 Å². The van der Waals surface area contributed by atoms with Crippen LogP contribution in [0.1, 0.15) is 21.5 Å². The van der Waals surface area contributed by atoms with Crippen LogP contribution in [0.3, 0.4) is 0 Å². The standard InChI is InChI=1S/C15H12Br2O/c1-10-8-12(6-7-13(10)16)15(18)9-11-4-2-3-5-14(11)17/h2-8H,9H2,1H3. The average molecular weight is 368 g/mol. The van der Waals surface area contributed by atoms with Crippen LogP contribution in [0.25, 0.3) is 0 Å². The average Bonchev–Trinajstić information content (AvgIpc) is 2.35. The van der Waals surface area contributed by atoms with Gasteiger partial charge in [-0.3, -0.25) is 4.79 Å². The van der Waals surface area contributed by atoms with Crippen molar-refractivity contribution in [3.05, 3.63) is 68.1 Å². The summed E-state index contributed by atoms with van der Waals surface area (Å²) in [6, 6.07) is 13.5. The highest BCUT2D eigenvalue weighted by atomic mass is 79.9. The third-order valence-electron chi connectivity index (χ3n) is 2.79. The van der Waals surface area contributed by atoms with Gasteiger partial charge in [-0.05, 0) is 36.2 Å². The molecule has 2 aromatic carbocycles. The number of rotatable bonds is 3. The molecule has 18 heavy (non-hydrogen) atoms. The molecular formula is C15H12Br2O. The van der Waals surface area contributed by atoms with Crippen LogP contribution in [0.15, 0.2) is 51.4 Å². The molecule has 92 valence electrons. The maximum atomic E-state index is 12.2. The molecule has 0 aliphatic rings. The largest absolute Gasteiger partial charge is 0.294 e. The van der Waals surface area contributed by atoms with Crippen molar-refractivity contribution in [1.29, 1.82) is 0 Å². The molecule has 0 aliphatic heterocycles. The zero-order valence-electron chi connectivity index (χ0n) is 9.91. The number of hydrogen-bond donors (Lipinski definition) is 0. The summed E-state index contributed by atoms with van der Waals surface area (Å²) in [4.78, 5) is 12.2. The molecule has 0 fully saturated rings. The SMILES string of the molecule is Cc1cc(C(=O)Cc2ccccc2Br)ccc1Br. The third-order valence-corrected chi connectivity index (χ3v) is 4.45. The fraction of sp³-hybridized carbons (Fsp3) is 0.133. The van der Waals surface area contributed by atoms with Crippen LogP contribution in [0.5, 0.6) is 0 Å². The van der Waals surface area contributed by atoms with E-state index >= 15 is 0 Å². The lowest BCUT2D eigenvalue weighted by molar-refractivity contribution is 0.0992. The zero-order valence-corrected chi connectivity index (χ0v) is 13.1. The van der Waals surface area contributed by atoms with Gasteiger partial charge in [0.2, 0.25) is 0 Å². The highest BCUT2D eigenvalue weighted by Gasteiger charge is 2.10. The Morgan fingerprint density at radius 1 is 1.06 bits per heavy atom. The number of carbonyl (C=O) groups excluding carboxylic acids is 1. The molecule has 0 aromatic heterocycles. The molecule has 0 amide bonds. The first-order valence-corrected chi connectivity index (χ1v) is 7.19. The molecule has 0 saturated heterocycles. The number of aryl methyl sites for hydroxylation is 1. The van der Waals surface area contributed by atoms with Crippen molar-refractivity contribution < 1.29 is 4.79 Å². The topological polar surface area (TPSA) is 17.1 Å². The lowest BCUT2D eigenvalue weighted by Gasteiger charge is -2.05. The molecule has 0 N–H and O–H groups in total. The van der Waals surface area contributed by atoms with Gasteiger partial charge in [0.15, 0.2) is 5.78 Å². The Hall–Kier alpha value is -0.930. The monoisotopic (exact) mass is 366 g/mol. The van der Waals surface area contributed by atoms with Crippen LogP contribution in [0.4, 0.5) is 0 Å². The fourth-order valence-corrected chi connectivity index (χ4v) is 2.41. The Labute approximate surface area is 123 Å². The van der Waals surface area contributed by atoms with Gasteiger partial charge in [0, 0.05) is 20.9 Å². The van der Waals surface area contributed by atoms with E-state index in [-0.39, 0.29) is 5.78 Å². The van der Waals surface area contributed by atoms with Crippen molar-refractivity contribution in [2.45, 2.75) is 13.3 Å². The molecule has 1 nitrogen and oxygen atoms in total. The molecule has 0 unspecified atom stereocenters. The second kappa shape index (κ2) is 5.81. The molecule has 0 aliphatic carbocycles. The van der Waals surface area contributed by atoms with E-state index in [1.165, 1.54) is 0 Å². The minimum absolute atomic E-state index is 0.137. The molecular weight excluding hydrogens is 356 g/mol. The van der Waals surface area contributed by atoms with E-state index in [9.17, 15) is 4.79 Å². The molecule has 0 spiro atoms. The van der Waals surface area contributed by atoms with E-state index in [4.69, 9.17) is 0 Å². The summed E-state index contributed by atoms with van der Waals surface area (Å²) < 4.78 is 2.01. The third kappa shape index (κ3) is 3.09. The zero-order chi connectivity index (χ0) is 13.1. The Kier molecular flexibility index (Phi) is 4.36. The van der Waals surface area contributed by atoms with Gasteiger partial charge in [-0.2, -0.15) is 0 Å². The van der Waals surface area contributed by atoms with Crippen LogP contribution in [0.2, 0.25) is 0 Å². The highest BCUT2D eigenvalue weighted by molar-refractivity contribution is 9.10. The van der Waals surface area contributed by atoms with Crippen molar-refractivity contribution in [1.82, 2.24) is 0 Å². The lowest BCUT2D eigenvalue weighted by Crippen LogP contribution is -2.04. The van der Waals surface area contributed by atoms with Gasteiger partial charge in [-0.1, -0.05) is 56.1 Å².